The molecule has 0 aliphatic carbocycles. The summed E-state index contributed by atoms with van der Waals surface area (Å²) in [7, 11) is 0. The SMILES string of the molecule is CC=CC=C(C)c1ccc2c(c1)c1cc(-c3ccccc3)ccc1n2-c1ccccc1. The number of aromatic nitrogens is 1. The van der Waals surface area contributed by atoms with Crippen LogP contribution in [0.3, 0.4) is 0 Å². The molecule has 0 aliphatic heterocycles. The summed E-state index contributed by atoms with van der Waals surface area (Å²) in [5, 5.41) is 2.56. The van der Waals surface area contributed by atoms with Gasteiger partial charge in [-0.25, -0.2) is 0 Å². The van der Waals surface area contributed by atoms with Gasteiger partial charge in [-0.05, 0) is 72.5 Å². The summed E-state index contributed by atoms with van der Waals surface area (Å²) in [6.07, 6.45) is 6.34. The molecule has 1 heterocycles. The predicted octanol–water partition coefficient (Wildman–Crippen LogP) is 8.43. The Balaban J connectivity index is 1.82. The van der Waals surface area contributed by atoms with E-state index in [1.165, 1.54) is 49.8 Å². The monoisotopic (exact) mass is 399 g/mol. The summed E-state index contributed by atoms with van der Waals surface area (Å²) >= 11 is 0. The molecule has 31 heavy (non-hydrogen) atoms. The summed E-state index contributed by atoms with van der Waals surface area (Å²) in [4.78, 5) is 0. The van der Waals surface area contributed by atoms with Gasteiger partial charge in [0, 0.05) is 16.5 Å². The lowest BCUT2D eigenvalue weighted by Gasteiger charge is -2.08. The van der Waals surface area contributed by atoms with E-state index in [1.807, 2.05) is 6.92 Å². The highest BCUT2D eigenvalue weighted by Gasteiger charge is 2.14. The van der Waals surface area contributed by atoms with Gasteiger partial charge in [0.15, 0.2) is 0 Å². The minimum absolute atomic E-state index is 1.18. The predicted molar refractivity (Wildman–Crippen MR) is 135 cm³/mol. The minimum Gasteiger partial charge on any atom is -0.309 e. The van der Waals surface area contributed by atoms with Crippen LogP contribution in [0.15, 0.2) is 115 Å². The Bertz CT molecular complexity index is 1420. The van der Waals surface area contributed by atoms with E-state index in [2.05, 4.69) is 127 Å². The van der Waals surface area contributed by atoms with Gasteiger partial charge >= 0.3 is 0 Å². The van der Waals surface area contributed by atoms with Crippen LogP contribution in [0, 0.1) is 0 Å². The van der Waals surface area contributed by atoms with Crippen molar-refractivity contribution in [3.8, 4) is 16.8 Å². The quantitative estimate of drug-likeness (QED) is 0.267. The first-order chi connectivity index (χ1) is 15.3. The molecule has 0 unspecified atom stereocenters. The standard InChI is InChI=1S/C30H25N/c1-3-4-11-22(2)24-16-18-29-27(20-24)28-21-25(23-12-7-5-8-13-23)17-19-30(28)31(29)26-14-9-6-10-15-26/h3-21H,1-2H3. The van der Waals surface area contributed by atoms with Crippen molar-refractivity contribution in [2.24, 2.45) is 0 Å². The third kappa shape index (κ3) is 3.49. The fourth-order valence-electron chi connectivity index (χ4n) is 4.27. The average Bonchev–Trinajstić information content (AvgIpc) is 3.16. The Hall–Kier alpha value is -3.84. The highest BCUT2D eigenvalue weighted by Crippen LogP contribution is 2.36. The molecule has 0 amide bonds. The normalized spacial score (nSPS) is 12.3. The van der Waals surface area contributed by atoms with Crippen LogP contribution in [-0.2, 0) is 0 Å². The van der Waals surface area contributed by atoms with Crippen LogP contribution in [0.2, 0.25) is 0 Å². The second-order valence-electron chi connectivity index (χ2n) is 7.88. The van der Waals surface area contributed by atoms with Crippen molar-refractivity contribution in [1.29, 1.82) is 0 Å². The zero-order valence-corrected chi connectivity index (χ0v) is 17.9. The zero-order chi connectivity index (χ0) is 21.2. The third-order valence-corrected chi connectivity index (χ3v) is 5.88. The van der Waals surface area contributed by atoms with Gasteiger partial charge < -0.3 is 4.57 Å². The van der Waals surface area contributed by atoms with Crippen molar-refractivity contribution in [2.45, 2.75) is 13.8 Å². The molecule has 0 saturated heterocycles. The number of fused-ring (bicyclic) bond motifs is 3. The first-order valence-corrected chi connectivity index (χ1v) is 10.8. The van der Waals surface area contributed by atoms with Gasteiger partial charge in [0.2, 0.25) is 0 Å². The molecule has 0 aliphatic rings. The van der Waals surface area contributed by atoms with Gasteiger partial charge in [-0.3, -0.25) is 0 Å². The molecular formula is C30H25N. The average molecular weight is 400 g/mol. The molecule has 0 bridgehead atoms. The number of para-hydroxylation sites is 1. The lowest BCUT2D eigenvalue weighted by Crippen LogP contribution is -1.93. The van der Waals surface area contributed by atoms with Gasteiger partial charge in [-0.15, -0.1) is 0 Å². The van der Waals surface area contributed by atoms with E-state index in [0.717, 1.165) is 0 Å². The largest absolute Gasteiger partial charge is 0.309 e. The van der Waals surface area contributed by atoms with Crippen molar-refractivity contribution in [3.63, 3.8) is 0 Å². The molecule has 0 atom stereocenters. The smallest absolute Gasteiger partial charge is 0.0541 e. The highest BCUT2D eigenvalue weighted by atomic mass is 15.0. The molecule has 5 rings (SSSR count). The van der Waals surface area contributed by atoms with Crippen LogP contribution in [0.5, 0.6) is 0 Å². The number of benzene rings is 4. The van der Waals surface area contributed by atoms with E-state index in [9.17, 15) is 0 Å². The summed E-state index contributed by atoms with van der Waals surface area (Å²) in [6, 6.07) is 34.9. The van der Waals surface area contributed by atoms with Gasteiger partial charge in [-0.1, -0.05) is 78.9 Å². The number of hydrogen-bond donors (Lipinski definition) is 0. The van der Waals surface area contributed by atoms with Crippen LogP contribution in [-0.4, -0.2) is 4.57 Å². The summed E-state index contributed by atoms with van der Waals surface area (Å²) in [6.45, 7) is 4.22. The van der Waals surface area contributed by atoms with Crippen LogP contribution in [0.25, 0.3) is 44.2 Å². The van der Waals surface area contributed by atoms with Gasteiger partial charge in [0.05, 0.1) is 11.0 Å². The van der Waals surface area contributed by atoms with Crippen LogP contribution in [0.1, 0.15) is 19.4 Å². The second-order valence-corrected chi connectivity index (χ2v) is 7.88. The van der Waals surface area contributed by atoms with Gasteiger partial charge in [0.1, 0.15) is 0 Å². The molecule has 150 valence electrons. The van der Waals surface area contributed by atoms with Crippen molar-refractivity contribution in [1.82, 2.24) is 4.57 Å². The number of rotatable bonds is 4. The van der Waals surface area contributed by atoms with Gasteiger partial charge in [0.25, 0.3) is 0 Å². The molecule has 5 aromatic rings. The maximum atomic E-state index is 2.37. The van der Waals surface area contributed by atoms with Crippen LogP contribution < -0.4 is 0 Å². The number of nitrogens with zero attached hydrogens (tertiary/aromatic N) is 1. The van der Waals surface area contributed by atoms with Crippen molar-refractivity contribution < 1.29 is 0 Å². The molecule has 0 saturated carbocycles. The molecule has 1 nitrogen and oxygen atoms in total. The minimum atomic E-state index is 1.18. The van der Waals surface area contributed by atoms with E-state index >= 15 is 0 Å². The zero-order valence-electron chi connectivity index (χ0n) is 17.9. The first-order valence-electron chi connectivity index (χ1n) is 10.8. The Labute approximate surface area is 183 Å². The maximum absolute atomic E-state index is 2.37. The lowest BCUT2D eigenvalue weighted by atomic mass is 10.0. The second kappa shape index (κ2) is 8.12. The molecule has 0 spiro atoms. The van der Waals surface area contributed by atoms with E-state index in [4.69, 9.17) is 0 Å². The van der Waals surface area contributed by atoms with E-state index in [-0.39, 0.29) is 0 Å². The van der Waals surface area contributed by atoms with E-state index in [0.29, 0.717) is 0 Å². The fourth-order valence-corrected chi connectivity index (χ4v) is 4.27. The Morgan fingerprint density at radius 3 is 2.03 bits per heavy atom. The molecule has 4 aromatic carbocycles. The van der Waals surface area contributed by atoms with Gasteiger partial charge in [-0.2, -0.15) is 0 Å². The van der Waals surface area contributed by atoms with E-state index < -0.39 is 0 Å². The fraction of sp³-hybridized carbons (Fsp3) is 0.0667. The van der Waals surface area contributed by atoms with Crippen LogP contribution in [0.4, 0.5) is 0 Å². The first kappa shape index (κ1) is 19.1. The Morgan fingerprint density at radius 1 is 0.677 bits per heavy atom. The number of hydrogen-bond acceptors (Lipinski definition) is 0. The Kier molecular flexibility index (Phi) is 5.01. The lowest BCUT2D eigenvalue weighted by molar-refractivity contribution is 1.18. The highest BCUT2D eigenvalue weighted by molar-refractivity contribution is 6.11. The van der Waals surface area contributed by atoms with Crippen molar-refractivity contribution >= 4 is 27.4 Å². The van der Waals surface area contributed by atoms with Crippen molar-refractivity contribution in [3.05, 3.63) is 121 Å². The Morgan fingerprint density at radius 2 is 1.32 bits per heavy atom. The van der Waals surface area contributed by atoms with E-state index in [1.54, 1.807) is 0 Å². The molecule has 0 fully saturated rings. The number of allylic oxidation sites excluding steroid dienone is 4. The third-order valence-electron chi connectivity index (χ3n) is 5.88. The maximum Gasteiger partial charge on any atom is 0.0541 e. The molecule has 1 heteroatoms. The molecule has 0 N–H and O–H groups in total. The summed E-state index contributed by atoms with van der Waals surface area (Å²) in [5.74, 6) is 0. The summed E-state index contributed by atoms with van der Waals surface area (Å²) < 4.78 is 2.37. The summed E-state index contributed by atoms with van der Waals surface area (Å²) in [5.41, 5.74) is 8.64. The molecule has 0 radical (unpaired) electrons. The topological polar surface area (TPSA) is 4.93 Å². The van der Waals surface area contributed by atoms with Crippen molar-refractivity contribution in [2.75, 3.05) is 0 Å². The van der Waals surface area contributed by atoms with Crippen LogP contribution >= 0.6 is 0 Å². The molecular weight excluding hydrogens is 374 g/mol. The molecule has 1 aromatic heterocycles.